The third-order valence-corrected chi connectivity index (χ3v) is 4.13. The summed E-state index contributed by atoms with van der Waals surface area (Å²) in [7, 11) is -4.37. The van der Waals surface area contributed by atoms with Gasteiger partial charge in [-0.1, -0.05) is 17.7 Å². The van der Waals surface area contributed by atoms with Crippen LogP contribution < -0.4 is 8.92 Å². The Labute approximate surface area is 129 Å². The number of rotatable bonds is 4. The largest absolute Gasteiger partial charge is 0.491 e. The summed E-state index contributed by atoms with van der Waals surface area (Å²) in [5, 5.41) is 0. The minimum absolute atomic E-state index is 0.272. The van der Waals surface area contributed by atoms with Gasteiger partial charge in [0.1, 0.15) is 5.75 Å². The van der Waals surface area contributed by atoms with Crippen LogP contribution in [0, 0.1) is 30.2 Å². The quantitative estimate of drug-likeness (QED) is 0.482. The molecule has 9 heteroatoms. The van der Waals surface area contributed by atoms with Crippen molar-refractivity contribution >= 4 is 10.1 Å². The molecule has 2 aromatic rings. The highest BCUT2D eigenvalue weighted by Crippen LogP contribution is 2.33. The Morgan fingerprint density at radius 3 is 1.78 bits per heavy atom. The summed E-state index contributed by atoms with van der Waals surface area (Å²) in [6.07, 6.45) is 0. The Hall–Kier alpha value is -2.29. The zero-order chi connectivity index (χ0) is 17.4. The average molecular weight is 350 g/mol. The molecule has 2 aromatic carbocycles. The fourth-order valence-electron chi connectivity index (χ4n) is 1.75. The number of methoxy groups -OCH3 is 1. The molecule has 0 aliphatic rings. The Kier molecular flexibility index (Phi) is 4.51. The van der Waals surface area contributed by atoms with Gasteiger partial charge in [0.15, 0.2) is 22.3 Å². The fraction of sp³-hybridized carbons (Fsp3) is 0.143. The Morgan fingerprint density at radius 2 is 1.35 bits per heavy atom. The van der Waals surface area contributed by atoms with Gasteiger partial charge in [0.2, 0.25) is 11.6 Å². The van der Waals surface area contributed by atoms with Crippen molar-refractivity contribution in [2.24, 2.45) is 0 Å². The third-order valence-electron chi connectivity index (χ3n) is 2.86. The van der Waals surface area contributed by atoms with Gasteiger partial charge in [0, 0.05) is 0 Å². The Bertz CT molecular complexity index is 819. The second-order valence-electron chi connectivity index (χ2n) is 4.47. The number of hydrogen-bond donors (Lipinski definition) is 0. The first-order valence-electron chi connectivity index (χ1n) is 6.10. The lowest BCUT2D eigenvalue weighted by molar-refractivity contribution is 0.320. The van der Waals surface area contributed by atoms with Crippen LogP contribution >= 0.6 is 0 Å². The first-order valence-corrected chi connectivity index (χ1v) is 7.51. The predicted octanol–water partition coefficient (Wildman–Crippen LogP) is 3.33. The van der Waals surface area contributed by atoms with Crippen molar-refractivity contribution in [3.63, 3.8) is 0 Å². The highest BCUT2D eigenvalue weighted by atomic mass is 32.2. The summed E-state index contributed by atoms with van der Waals surface area (Å²) in [5.41, 5.74) is 0.772. The van der Waals surface area contributed by atoms with Crippen molar-refractivity contribution in [1.29, 1.82) is 0 Å². The Morgan fingerprint density at radius 1 is 0.870 bits per heavy atom. The second-order valence-corrected chi connectivity index (χ2v) is 5.95. The van der Waals surface area contributed by atoms with Gasteiger partial charge in [-0.3, -0.25) is 0 Å². The molecule has 4 nitrogen and oxygen atoms in total. The van der Waals surface area contributed by atoms with E-state index in [1.54, 1.807) is 6.92 Å². The maximum absolute atomic E-state index is 13.8. The molecule has 0 N–H and O–H groups in total. The molecule has 0 aliphatic carbocycles. The zero-order valence-electron chi connectivity index (χ0n) is 11.9. The normalized spacial score (nSPS) is 11.4. The number of ether oxygens (including phenoxy) is 1. The Balaban J connectivity index is 2.58. The summed E-state index contributed by atoms with van der Waals surface area (Å²) >= 11 is 0. The zero-order valence-corrected chi connectivity index (χ0v) is 12.7. The van der Waals surface area contributed by atoms with Crippen LogP contribution in [0.25, 0.3) is 0 Å². The summed E-state index contributed by atoms with van der Waals surface area (Å²) in [4.78, 5) is -1.87. The van der Waals surface area contributed by atoms with E-state index in [0.717, 1.165) is 12.7 Å². The molecule has 0 bridgehead atoms. The topological polar surface area (TPSA) is 52.6 Å². The van der Waals surface area contributed by atoms with Gasteiger partial charge in [-0.05, 0) is 19.1 Å². The van der Waals surface area contributed by atoms with Gasteiger partial charge >= 0.3 is 10.1 Å². The first kappa shape index (κ1) is 17.1. The van der Waals surface area contributed by atoms with E-state index in [2.05, 4.69) is 8.92 Å². The second kappa shape index (κ2) is 6.07. The van der Waals surface area contributed by atoms with Gasteiger partial charge in [0.05, 0.1) is 7.11 Å². The lowest BCUT2D eigenvalue weighted by atomic mass is 10.2. The molecule has 0 aliphatic heterocycles. The summed E-state index contributed by atoms with van der Waals surface area (Å²) in [6.45, 7) is 1.71. The summed E-state index contributed by atoms with van der Waals surface area (Å²) in [6, 6.07) is 5.40. The van der Waals surface area contributed by atoms with Crippen LogP contribution in [-0.2, 0) is 10.1 Å². The van der Waals surface area contributed by atoms with E-state index in [9.17, 15) is 26.0 Å². The molecule has 0 spiro atoms. The minimum Gasteiger partial charge on any atom is -0.491 e. The van der Waals surface area contributed by atoms with Gasteiger partial charge in [0.25, 0.3) is 0 Å². The smallest absolute Gasteiger partial charge is 0.345 e. The molecule has 0 heterocycles. The van der Waals surface area contributed by atoms with Crippen LogP contribution in [0.5, 0.6) is 11.5 Å². The monoisotopic (exact) mass is 350 g/mol. The van der Waals surface area contributed by atoms with Gasteiger partial charge in [-0.2, -0.15) is 17.2 Å². The fourth-order valence-corrected chi connectivity index (χ4v) is 2.82. The number of benzene rings is 2. The van der Waals surface area contributed by atoms with E-state index in [1.807, 2.05) is 0 Å². The van der Waals surface area contributed by atoms with Crippen LogP contribution in [0.15, 0.2) is 29.2 Å². The summed E-state index contributed by atoms with van der Waals surface area (Å²) in [5.74, 6) is -9.85. The average Bonchev–Trinajstić information content (AvgIpc) is 2.48. The maximum atomic E-state index is 13.8. The van der Waals surface area contributed by atoms with E-state index in [-0.39, 0.29) is 5.75 Å². The molecule has 0 unspecified atom stereocenters. The lowest BCUT2D eigenvalue weighted by Gasteiger charge is -2.12. The molecule has 0 saturated carbocycles. The van der Waals surface area contributed by atoms with Crippen molar-refractivity contribution in [3.8, 4) is 11.5 Å². The molecule has 0 saturated heterocycles. The van der Waals surface area contributed by atoms with Crippen LogP contribution in [0.2, 0.25) is 0 Å². The van der Waals surface area contributed by atoms with Crippen LogP contribution in [0.1, 0.15) is 5.56 Å². The number of aryl methyl sites for hydroxylation is 1. The molecular weight excluding hydrogens is 340 g/mol. The molecule has 0 atom stereocenters. The van der Waals surface area contributed by atoms with Crippen LogP contribution in [0.4, 0.5) is 17.6 Å². The van der Waals surface area contributed by atoms with E-state index < -0.39 is 44.0 Å². The molecule has 0 radical (unpaired) electrons. The van der Waals surface area contributed by atoms with Crippen molar-refractivity contribution in [2.45, 2.75) is 11.8 Å². The molecule has 0 aromatic heterocycles. The highest BCUT2D eigenvalue weighted by Gasteiger charge is 2.35. The van der Waals surface area contributed by atoms with Crippen LogP contribution in [0.3, 0.4) is 0 Å². The highest BCUT2D eigenvalue weighted by molar-refractivity contribution is 7.87. The SMILES string of the molecule is COc1c(F)c(F)c(S(=O)(=O)Oc2ccc(C)cc2)c(F)c1F. The molecule has 0 fully saturated rings. The number of halogens is 4. The van der Waals surface area contributed by atoms with Crippen LogP contribution in [-0.4, -0.2) is 15.5 Å². The van der Waals surface area contributed by atoms with Gasteiger partial charge in [-0.15, -0.1) is 0 Å². The van der Waals surface area contributed by atoms with E-state index in [4.69, 9.17) is 0 Å². The molecule has 23 heavy (non-hydrogen) atoms. The maximum Gasteiger partial charge on any atom is 0.345 e. The summed E-state index contributed by atoms with van der Waals surface area (Å²) < 4.78 is 87.4. The van der Waals surface area contributed by atoms with E-state index in [1.165, 1.54) is 24.3 Å². The van der Waals surface area contributed by atoms with Gasteiger partial charge < -0.3 is 8.92 Å². The predicted molar refractivity (Wildman–Crippen MR) is 71.8 cm³/mol. The van der Waals surface area contributed by atoms with Crippen molar-refractivity contribution in [2.75, 3.05) is 7.11 Å². The molecule has 124 valence electrons. The standard InChI is InChI=1S/C14H10F4O4S/c1-7-3-5-8(6-4-7)22-23(19,20)14-11(17)9(15)13(21-2)10(16)12(14)18/h3-6H,1-2H3. The minimum atomic E-state index is -5.14. The van der Waals surface area contributed by atoms with Crippen molar-refractivity contribution in [3.05, 3.63) is 53.1 Å². The molecular formula is C14H10F4O4S. The molecule has 0 amide bonds. The molecule has 2 rings (SSSR count). The lowest BCUT2D eigenvalue weighted by Crippen LogP contribution is -2.17. The first-order chi connectivity index (χ1) is 10.7. The van der Waals surface area contributed by atoms with E-state index >= 15 is 0 Å². The third kappa shape index (κ3) is 3.09. The van der Waals surface area contributed by atoms with Crippen molar-refractivity contribution in [1.82, 2.24) is 0 Å². The van der Waals surface area contributed by atoms with Crippen molar-refractivity contribution < 1.29 is 34.9 Å². The van der Waals surface area contributed by atoms with E-state index in [0.29, 0.717) is 0 Å². The van der Waals surface area contributed by atoms with Gasteiger partial charge in [-0.25, -0.2) is 8.78 Å². The number of hydrogen-bond acceptors (Lipinski definition) is 4.